The van der Waals surface area contributed by atoms with Crippen LogP contribution in [0, 0.1) is 0 Å². The van der Waals surface area contributed by atoms with Gasteiger partial charge in [0.25, 0.3) is 10.1 Å². The predicted molar refractivity (Wildman–Crippen MR) is 80.7 cm³/mol. The van der Waals surface area contributed by atoms with Gasteiger partial charge in [-0.3, -0.25) is 4.55 Å². The molecule has 40 heavy (non-hydrogen) atoms. The van der Waals surface area contributed by atoms with E-state index in [-0.39, 0.29) is 0 Å². The fourth-order valence-electron chi connectivity index (χ4n) is 1.74. The molecule has 1 N–H and O–H groups in total. The zero-order chi connectivity index (χ0) is 32.7. The van der Waals surface area contributed by atoms with E-state index in [1.54, 1.807) is 0 Å². The lowest BCUT2D eigenvalue weighted by molar-refractivity contribution is -0.569. The van der Waals surface area contributed by atoms with Crippen LogP contribution >= 0.6 is 0 Å². The second-order valence-corrected chi connectivity index (χ2v) is 8.44. The molecule has 0 aliphatic rings. The molecule has 7 nitrogen and oxygen atoms in total. The van der Waals surface area contributed by atoms with Crippen LogP contribution in [-0.4, -0.2) is 86.6 Å². The molecule has 0 spiro atoms. The van der Waals surface area contributed by atoms with E-state index in [9.17, 15) is 91.8 Å². The number of halogens is 19. The summed E-state index contributed by atoms with van der Waals surface area (Å²) in [5.74, 6) is -17.4. The van der Waals surface area contributed by atoms with Gasteiger partial charge in [0.1, 0.15) is 6.61 Å². The molecule has 0 saturated heterocycles. The predicted octanol–water partition coefficient (Wildman–Crippen LogP) is 5.72. The Hall–Kier alpha value is -1.58. The monoisotopic (exact) mass is 670 g/mol. The van der Waals surface area contributed by atoms with E-state index in [0.29, 0.717) is 0 Å². The van der Waals surface area contributed by atoms with E-state index < -0.39 is 90.2 Å². The highest BCUT2D eigenvalue weighted by atomic mass is 32.2. The highest BCUT2D eigenvalue weighted by molar-refractivity contribution is 7.85. The summed E-state index contributed by atoms with van der Waals surface area (Å²) in [4.78, 5) is 0. The molecule has 0 aromatic carbocycles. The first-order chi connectivity index (χ1) is 17.1. The Labute approximate surface area is 206 Å². The summed E-state index contributed by atoms with van der Waals surface area (Å²) >= 11 is 0. The van der Waals surface area contributed by atoms with Crippen molar-refractivity contribution in [3.8, 4) is 0 Å². The number of rotatable bonds is 16. The van der Waals surface area contributed by atoms with Gasteiger partial charge >= 0.3 is 54.7 Å². The van der Waals surface area contributed by atoms with Crippen LogP contribution in [0.1, 0.15) is 6.42 Å². The molecule has 0 saturated carbocycles. The minimum Gasteiger partial charge on any atom is -0.372 e. The van der Waals surface area contributed by atoms with Crippen molar-refractivity contribution in [2.75, 3.05) is 19.0 Å². The van der Waals surface area contributed by atoms with Crippen LogP contribution in [0.4, 0.5) is 83.4 Å². The van der Waals surface area contributed by atoms with E-state index in [2.05, 4.69) is 9.47 Å². The zero-order valence-electron chi connectivity index (χ0n) is 17.8. The minimum absolute atomic E-state index is 0.857. The third-order valence-corrected chi connectivity index (χ3v) is 4.35. The second kappa shape index (κ2) is 11.3. The molecule has 0 bridgehead atoms. The summed E-state index contributed by atoms with van der Waals surface area (Å²) in [7, 11) is -4.70. The highest BCUT2D eigenvalue weighted by Crippen LogP contribution is 2.56. The van der Waals surface area contributed by atoms with E-state index in [0.717, 1.165) is 0 Å². The fraction of sp³-hybridized carbons (Fsp3) is 1.00. The standard InChI is InChI=1S/C13H9F19O7S/c14-5(15,4-36-2-1-3-40(33,34)35)37-10(25,26)11(27,28)39-13(31,32)12(29,30)38-9(23,24)7(18,19)6(16,17)8(20,21)22/h1-4H2,(H,33,34,35). The normalized spacial score (nSPS) is 16.0. The van der Waals surface area contributed by atoms with Gasteiger partial charge in [0, 0.05) is 6.61 Å². The van der Waals surface area contributed by atoms with E-state index in [1.165, 1.54) is 9.47 Å². The average Bonchev–Trinajstić information content (AvgIpc) is 2.62. The molecule has 0 unspecified atom stereocenters. The summed E-state index contributed by atoms with van der Waals surface area (Å²) in [5.41, 5.74) is 0. The molecule has 0 fully saturated rings. The molecular weight excluding hydrogens is 661 g/mol. The van der Waals surface area contributed by atoms with Crippen LogP contribution in [0.15, 0.2) is 0 Å². The summed E-state index contributed by atoms with van der Waals surface area (Å²) < 4.78 is 283. The summed E-state index contributed by atoms with van der Waals surface area (Å²) in [5, 5.41) is 0. The molecule has 0 aromatic heterocycles. The molecule has 27 heteroatoms. The largest absolute Gasteiger partial charge is 0.460 e. The fourth-order valence-corrected chi connectivity index (χ4v) is 2.22. The molecule has 0 amide bonds. The molecule has 0 heterocycles. The lowest BCUT2D eigenvalue weighted by atomic mass is 10.1. The SMILES string of the molecule is O=S(=O)(O)CCCOCC(F)(F)OC(F)(F)C(F)(F)OC(F)(F)C(F)(F)OC(F)(F)C(F)(F)C(F)(F)C(F)(F)F. The maximum Gasteiger partial charge on any atom is 0.460 e. The van der Waals surface area contributed by atoms with Crippen molar-refractivity contribution >= 4 is 10.1 Å². The Morgan fingerprint density at radius 1 is 0.525 bits per heavy atom. The average molecular weight is 670 g/mol. The third kappa shape index (κ3) is 8.96. The van der Waals surface area contributed by atoms with Crippen molar-refractivity contribution in [1.82, 2.24) is 0 Å². The first-order valence-electron chi connectivity index (χ1n) is 8.80. The quantitative estimate of drug-likeness (QED) is 0.128. The highest BCUT2D eigenvalue weighted by Gasteiger charge is 2.85. The van der Waals surface area contributed by atoms with Gasteiger partial charge in [-0.2, -0.15) is 91.8 Å². The van der Waals surface area contributed by atoms with Crippen molar-refractivity contribution in [2.24, 2.45) is 0 Å². The molecule has 0 rings (SSSR count). The molecule has 0 aliphatic heterocycles. The number of hydrogen-bond donors (Lipinski definition) is 1. The first kappa shape index (κ1) is 38.4. The van der Waals surface area contributed by atoms with E-state index in [4.69, 9.17) is 4.55 Å². The molecular formula is C13H9F19O7S. The molecule has 0 aromatic rings. The Balaban J connectivity index is 5.77. The van der Waals surface area contributed by atoms with Crippen molar-refractivity contribution in [3.63, 3.8) is 0 Å². The van der Waals surface area contributed by atoms with Crippen molar-refractivity contribution in [3.05, 3.63) is 0 Å². The molecule has 0 aliphatic carbocycles. The smallest absolute Gasteiger partial charge is 0.372 e. The molecule has 0 radical (unpaired) electrons. The third-order valence-electron chi connectivity index (χ3n) is 3.54. The summed E-state index contributed by atoms with van der Waals surface area (Å²) in [6, 6.07) is 0. The Kier molecular flexibility index (Phi) is 10.8. The molecule has 242 valence electrons. The van der Waals surface area contributed by atoms with Crippen molar-refractivity contribution < 1.29 is 115 Å². The number of alkyl halides is 19. The van der Waals surface area contributed by atoms with Gasteiger partial charge in [0.05, 0.1) is 5.75 Å². The second-order valence-electron chi connectivity index (χ2n) is 6.87. The van der Waals surface area contributed by atoms with Crippen LogP contribution in [0.25, 0.3) is 0 Å². The van der Waals surface area contributed by atoms with Crippen molar-refractivity contribution in [1.29, 1.82) is 0 Å². The lowest BCUT2D eigenvalue weighted by Gasteiger charge is -2.37. The first-order valence-corrected chi connectivity index (χ1v) is 10.4. The zero-order valence-corrected chi connectivity index (χ0v) is 18.6. The van der Waals surface area contributed by atoms with E-state index >= 15 is 0 Å². The minimum atomic E-state index is -8.21. The van der Waals surface area contributed by atoms with E-state index in [1.807, 2.05) is 0 Å². The van der Waals surface area contributed by atoms with Gasteiger partial charge in [0.15, 0.2) is 0 Å². The summed E-state index contributed by atoms with van der Waals surface area (Å²) in [6.45, 7) is -3.74. The van der Waals surface area contributed by atoms with Gasteiger partial charge in [-0.05, 0) is 6.42 Å². The van der Waals surface area contributed by atoms with Gasteiger partial charge in [-0.15, -0.1) is 0 Å². The van der Waals surface area contributed by atoms with Crippen LogP contribution in [0.3, 0.4) is 0 Å². The summed E-state index contributed by atoms with van der Waals surface area (Å²) in [6.07, 6.45) is -52.9. The topological polar surface area (TPSA) is 91.3 Å². The van der Waals surface area contributed by atoms with Gasteiger partial charge in [-0.1, -0.05) is 0 Å². The Morgan fingerprint density at radius 3 is 1.23 bits per heavy atom. The molecule has 0 atom stereocenters. The van der Waals surface area contributed by atoms with Gasteiger partial charge < -0.3 is 4.74 Å². The maximum atomic E-state index is 13.3. The Bertz CT molecular complexity index is 962. The van der Waals surface area contributed by atoms with Gasteiger partial charge in [-0.25, -0.2) is 14.2 Å². The van der Waals surface area contributed by atoms with Crippen LogP contribution in [0.2, 0.25) is 0 Å². The van der Waals surface area contributed by atoms with Crippen LogP contribution < -0.4 is 0 Å². The maximum absolute atomic E-state index is 13.3. The van der Waals surface area contributed by atoms with Crippen molar-refractivity contribution in [2.45, 2.75) is 61.1 Å². The lowest BCUT2D eigenvalue weighted by Crippen LogP contribution is -2.65. The van der Waals surface area contributed by atoms with Crippen LogP contribution in [-0.2, 0) is 29.1 Å². The number of hydrogen-bond acceptors (Lipinski definition) is 6. The van der Waals surface area contributed by atoms with Crippen LogP contribution in [0.5, 0.6) is 0 Å². The van der Waals surface area contributed by atoms with Gasteiger partial charge in [0.2, 0.25) is 0 Å². The Morgan fingerprint density at radius 2 is 0.875 bits per heavy atom. The number of ether oxygens (including phenoxy) is 4.